The predicted octanol–water partition coefficient (Wildman–Crippen LogP) is 3.65. The Morgan fingerprint density at radius 1 is 1.47 bits per heavy atom. The van der Waals surface area contributed by atoms with Crippen LogP contribution in [0.4, 0.5) is 0 Å². The van der Waals surface area contributed by atoms with Crippen LogP contribution in [-0.4, -0.2) is 14.6 Å². The van der Waals surface area contributed by atoms with Gasteiger partial charge in [0, 0.05) is 17.6 Å². The van der Waals surface area contributed by atoms with Crippen molar-refractivity contribution in [2.24, 2.45) is 5.41 Å². The van der Waals surface area contributed by atoms with Crippen LogP contribution >= 0.6 is 15.9 Å². The molecule has 1 unspecified atom stereocenters. The van der Waals surface area contributed by atoms with E-state index >= 15 is 0 Å². The molecule has 0 fully saturated rings. The van der Waals surface area contributed by atoms with Crippen LogP contribution in [0.5, 0.6) is 0 Å². The number of aryl methyl sites for hydroxylation is 2. The highest BCUT2D eigenvalue weighted by molar-refractivity contribution is 9.09. The third-order valence-electron chi connectivity index (χ3n) is 2.64. The first-order valence-corrected chi connectivity index (χ1v) is 6.50. The molecule has 0 radical (unpaired) electrons. The lowest BCUT2D eigenvalue weighted by atomic mass is 9.89. The summed E-state index contributed by atoms with van der Waals surface area (Å²) in [5.74, 6) is 0. The van der Waals surface area contributed by atoms with Crippen LogP contribution in [0.3, 0.4) is 0 Å². The molecule has 0 aliphatic rings. The fraction of sp³-hybridized carbons (Fsp3) is 0.750. The molecule has 0 saturated carbocycles. The monoisotopic (exact) mass is 272 g/mol. The topological polar surface area (TPSA) is 17.8 Å². The van der Waals surface area contributed by atoms with Crippen LogP contribution in [0.25, 0.3) is 0 Å². The summed E-state index contributed by atoms with van der Waals surface area (Å²) < 4.78 is 1.98. The smallest absolute Gasteiger partial charge is 0.0521 e. The average molecular weight is 273 g/mol. The van der Waals surface area contributed by atoms with Gasteiger partial charge in [0.05, 0.1) is 6.20 Å². The highest BCUT2D eigenvalue weighted by atomic mass is 79.9. The summed E-state index contributed by atoms with van der Waals surface area (Å²) in [6.07, 6.45) is 6.39. The summed E-state index contributed by atoms with van der Waals surface area (Å²) in [4.78, 5) is 0.565. The highest BCUT2D eigenvalue weighted by Crippen LogP contribution is 2.29. The molecule has 0 saturated heterocycles. The summed E-state index contributed by atoms with van der Waals surface area (Å²) in [5, 5.41) is 4.28. The maximum Gasteiger partial charge on any atom is 0.0521 e. The molecule has 0 N–H and O–H groups in total. The summed E-state index contributed by atoms with van der Waals surface area (Å²) in [6.45, 7) is 9.86. The first-order valence-electron chi connectivity index (χ1n) is 5.59. The Bertz CT molecular complexity index is 299. The number of halogens is 1. The fourth-order valence-corrected chi connectivity index (χ4v) is 1.66. The van der Waals surface area contributed by atoms with Gasteiger partial charge in [0.25, 0.3) is 0 Å². The summed E-state index contributed by atoms with van der Waals surface area (Å²) in [6, 6.07) is 0. The molecular weight excluding hydrogens is 252 g/mol. The van der Waals surface area contributed by atoms with E-state index in [1.165, 1.54) is 12.0 Å². The zero-order chi connectivity index (χ0) is 11.5. The first-order chi connectivity index (χ1) is 6.93. The van der Waals surface area contributed by atoms with E-state index in [4.69, 9.17) is 0 Å². The third-order valence-corrected chi connectivity index (χ3v) is 4.47. The second kappa shape index (κ2) is 5.15. The molecule has 1 heterocycles. The van der Waals surface area contributed by atoms with Gasteiger partial charge in [0.15, 0.2) is 0 Å². The largest absolute Gasteiger partial charge is 0.273 e. The van der Waals surface area contributed by atoms with Crippen molar-refractivity contribution in [1.29, 1.82) is 0 Å². The van der Waals surface area contributed by atoms with E-state index in [1.54, 1.807) is 0 Å². The molecule has 2 nitrogen and oxygen atoms in total. The van der Waals surface area contributed by atoms with E-state index in [0.29, 0.717) is 10.2 Å². The van der Waals surface area contributed by atoms with E-state index in [0.717, 1.165) is 13.0 Å². The van der Waals surface area contributed by atoms with Crippen molar-refractivity contribution in [2.45, 2.75) is 51.9 Å². The van der Waals surface area contributed by atoms with Gasteiger partial charge >= 0.3 is 0 Å². The molecular formula is C12H21BrN2. The number of hydrogen-bond acceptors (Lipinski definition) is 1. The molecule has 0 spiro atoms. The lowest BCUT2D eigenvalue weighted by molar-refractivity contribution is 0.386. The molecule has 1 aromatic heterocycles. The quantitative estimate of drug-likeness (QED) is 0.766. The standard InChI is InChI=1S/C12H21BrN2/c1-5-15-9-10(8-14-15)6-7-11(13)12(2,3)4/h8-9,11H,5-7H2,1-4H3. The Morgan fingerprint density at radius 3 is 2.60 bits per heavy atom. The van der Waals surface area contributed by atoms with Crippen molar-refractivity contribution in [3.05, 3.63) is 18.0 Å². The summed E-state index contributed by atoms with van der Waals surface area (Å²) in [7, 11) is 0. The average Bonchev–Trinajstić information content (AvgIpc) is 2.60. The number of rotatable bonds is 4. The molecule has 0 bridgehead atoms. The molecule has 1 rings (SSSR count). The Morgan fingerprint density at radius 2 is 2.13 bits per heavy atom. The number of hydrogen-bond donors (Lipinski definition) is 0. The zero-order valence-corrected chi connectivity index (χ0v) is 11.7. The van der Waals surface area contributed by atoms with Crippen LogP contribution in [0, 0.1) is 5.41 Å². The number of nitrogens with zero attached hydrogens (tertiary/aromatic N) is 2. The van der Waals surface area contributed by atoms with Crippen LogP contribution in [-0.2, 0) is 13.0 Å². The van der Waals surface area contributed by atoms with Crippen molar-refractivity contribution >= 4 is 15.9 Å². The van der Waals surface area contributed by atoms with E-state index in [9.17, 15) is 0 Å². The predicted molar refractivity (Wildman–Crippen MR) is 68.4 cm³/mol. The van der Waals surface area contributed by atoms with Gasteiger partial charge in [-0.05, 0) is 30.7 Å². The minimum absolute atomic E-state index is 0.334. The van der Waals surface area contributed by atoms with Crippen molar-refractivity contribution < 1.29 is 0 Å². The molecule has 1 atom stereocenters. The van der Waals surface area contributed by atoms with Crippen LogP contribution in [0.1, 0.15) is 39.7 Å². The van der Waals surface area contributed by atoms with Crippen LogP contribution in [0.15, 0.2) is 12.4 Å². The normalized spacial score (nSPS) is 14.2. The third kappa shape index (κ3) is 3.98. The van der Waals surface area contributed by atoms with Crippen molar-refractivity contribution in [2.75, 3.05) is 0 Å². The van der Waals surface area contributed by atoms with Gasteiger partial charge in [-0.2, -0.15) is 5.10 Å². The van der Waals surface area contributed by atoms with Gasteiger partial charge in [0.1, 0.15) is 0 Å². The van der Waals surface area contributed by atoms with E-state index < -0.39 is 0 Å². The number of alkyl halides is 1. The van der Waals surface area contributed by atoms with E-state index in [-0.39, 0.29) is 0 Å². The van der Waals surface area contributed by atoms with Gasteiger partial charge < -0.3 is 0 Å². The maximum atomic E-state index is 4.28. The molecule has 0 aliphatic carbocycles. The molecule has 1 aromatic rings. The Balaban J connectivity index is 2.43. The molecule has 86 valence electrons. The molecule has 0 amide bonds. The second-order valence-electron chi connectivity index (χ2n) is 5.08. The Kier molecular flexibility index (Phi) is 4.38. The lowest BCUT2D eigenvalue weighted by Gasteiger charge is -2.25. The fourth-order valence-electron chi connectivity index (χ4n) is 1.43. The first kappa shape index (κ1) is 12.8. The van der Waals surface area contributed by atoms with Crippen molar-refractivity contribution in [3.8, 4) is 0 Å². The molecule has 3 heteroatoms. The summed E-state index contributed by atoms with van der Waals surface area (Å²) in [5.41, 5.74) is 1.67. The van der Waals surface area contributed by atoms with Gasteiger partial charge in [-0.15, -0.1) is 0 Å². The molecule has 0 aromatic carbocycles. The molecule has 0 aliphatic heterocycles. The summed E-state index contributed by atoms with van der Waals surface area (Å²) >= 11 is 3.75. The van der Waals surface area contributed by atoms with Crippen molar-refractivity contribution in [3.63, 3.8) is 0 Å². The minimum Gasteiger partial charge on any atom is -0.273 e. The second-order valence-corrected chi connectivity index (χ2v) is 6.18. The van der Waals surface area contributed by atoms with Gasteiger partial charge in [0.2, 0.25) is 0 Å². The van der Waals surface area contributed by atoms with E-state index in [2.05, 4.69) is 54.9 Å². The zero-order valence-electron chi connectivity index (χ0n) is 10.1. The van der Waals surface area contributed by atoms with Gasteiger partial charge in [-0.3, -0.25) is 4.68 Å². The van der Waals surface area contributed by atoms with Gasteiger partial charge in [-0.1, -0.05) is 36.7 Å². The maximum absolute atomic E-state index is 4.28. The SMILES string of the molecule is CCn1cc(CCC(Br)C(C)(C)C)cn1. The lowest BCUT2D eigenvalue weighted by Crippen LogP contribution is -2.20. The van der Waals surface area contributed by atoms with Crippen LogP contribution < -0.4 is 0 Å². The van der Waals surface area contributed by atoms with E-state index in [1.807, 2.05) is 10.9 Å². The number of aromatic nitrogens is 2. The highest BCUT2D eigenvalue weighted by Gasteiger charge is 2.21. The minimum atomic E-state index is 0.334. The Hall–Kier alpha value is -0.310. The molecule has 15 heavy (non-hydrogen) atoms. The van der Waals surface area contributed by atoms with Crippen molar-refractivity contribution in [1.82, 2.24) is 9.78 Å². The Labute approximate surface area is 101 Å². The van der Waals surface area contributed by atoms with Crippen LogP contribution in [0.2, 0.25) is 0 Å². The van der Waals surface area contributed by atoms with Gasteiger partial charge in [-0.25, -0.2) is 0 Å².